The third kappa shape index (κ3) is 4.01. The predicted octanol–water partition coefficient (Wildman–Crippen LogP) is 4.71. The second-order valence-electron chi connectivity index (χ2n) is 5.56. The van der Waals surface area contributed by atoms with Crippen molar-refractivity contribution in [1.29, 1.82) is 0 Å². The van der Waals surface area contributed by atoms with E-state index in [1.807, 2.05) is 0 Å². The number of amides is 1. The number of hydrogen-bond acceptors (Lipinski definition) is 3. The summed E-state index contributed by atoms with van der Waals surface area (Å²) in [5, 5.41) is 11.0. The van der Waals surface area contributed by atoms with Crippen LogP contribution in [0, 0.1) is 17.0 Å². The van der Waals surface area contributed by atoms with Crippen molar-refractivity contribution >= 4 is 11.6 Å². The number of alkyl halides is 6. The van der Waals surface area contributed by atoms with Crippen LogP contribution in [0.5, 0.6) is 0 Å². The molecule has 0 aliphatic heterocycles. The smallest absolute Gasteiger partial charge is 0.366 e. The van der Waals surface area contributed by atoms with Crippen LogP contribution in [0.1, 0.15) is 27.0 Å². The molecule has 2 aromatic carbocycles. The SMILES string of the molecule is Cc1ccc(-c2c(C(N)=O)cc(C(F)(F)F)cc2C(F)(F)F)cc1[N+](=O)[O-]. The van der Waals surface area contributed by atoms with Gasteiger partial charge in [-0.05, 0) is 24.6 Å². The molecule has 0 aliphatic carbocycles. The van der Waals surface area contributed by atoms with E-state index in [1.54, 1.807) is 0 Å². The van der Waals surface area contributed by atoms with E-state index in [4.69, 9.17) is 5.73 Å². The first-order valence-corrected chi connectivity index (χ1v) is 7.11. The Labute approximate surface area is 147 Å². The highest BCUT2D eigenvalue weighted by molar-refractivity contribution is 6.01. The van der Waals surface area contributed by atoms with Gasteiger partial charge in [-0.1, -0.05) is 12.1 Å². The Morgan fingerprint density at radius 2 is 1.63 bits per heavy atom. The molecule has 2 aromatic rings. The lowest BCUT2D eigenvalue weighted by Gasteiger charge is -2.19. The number of rotatable bonds is 3. The molecule has 0 saturated carbocycles. The lowest BCUT2D eigenvalue weighted by Crippen LogP contribution is -2.19. The van der Waals surface area contributed by atoms with Crippen LogP contribution in [0.2, 0.25) is 0 Å². The average molecular weight is 392 g/mol. The molecular weight excluding hydrogens is 382 g/mol. The minimum absolute atomic E-state index is 0.116. The lowest BCUT2D eigenvalue weighted by molar-refractivity contribution is -0.385. The number of hydrogen-bond donors (Lipinski definition) is 1. The van der Waals surface area contributed by atoms with Gasteiger partial charge in [0.25, 0.3) is 5.69 Å². The van der Waals surface area contributed by atoms with Gasteiger partial charge in [-0.3, -0.25) is 14.9 Å². The summed E-state index contributed by atoms with van der Waals surface area (Å²) in [6.45, 7) is 1.33. The fraction of sp³-hybridized carbons (Fsp3) is 0.188. The first kappa shape index (κ1) is 20.2. The van der Waals surface area contributed by atoms with E-state index < -0.39 is 56.7 Å². The first-order chi connectivity index (χ1) is 12.2. The molecule has 2 rings (SSSR count). The molecule has 0 unspecified atom stereocenters. The van der Waals surface area contributed by atoms with Crippen molar-refractivity contribution in [2.45, 2.75) is 19.3 Å². The van der Waals surface area contributed by atoms with Gasteiger partial charge in [-0.15, -0.1) is 0 Å². The van der Waals surface area contributed by atoms with Crippen molar-refractivity contribution in [3.63, 3.8) is 0 Å². The van der Waals surface area contributed by atoms with Crippen LogP contribution < -0.4 is 5.73 Å². The van der Waals surface area contributed by atoms with Crippen molar-refractivity contribution in [1.82, 2.24) is 0 Å². The molecular formula is C16H10F6N2O3. The van der Waals surface area contributed by atoms with Gasteiger partial charge in [-0.25, -0.2) is 0 Å². The largest absolute Gasteiger partial charge is 0.417 e. The average Bonchev–Trinajstić information content (AvgIpc) is 2.52. The predicted molar refractivity (Wildman–Crippen MR) is 81.8 cm³/mol. The van der Waals surface area contributed by atoms with Crippen LogP contribution in [0.15, 0.2) is 30.3 Å². The van der Waals surface area contributed by atoms with E-state index in [0.717, 1.165) is 18.2 Å². The Balaban J connectivity index is 2.96. The molecule has 0 radical (unpaired) electrons. The summed E-state index contributed by atoms with van der Waals surface area (Å²) in [5.41, 5.74) is -1.39. The number of primary amides is 1. The van der Waals surface area contributed by atoms with E-state index in [9.17, 15) is 41.3 Å². The zero-order valence-electron chi connectivity index (χ0n) is 13.4. The van der Waals surface area contributed by atoms with Gasteiger partial charge in [0.2, 0.25) is 5.91 Å². The van der Waals surface area contributed by atoms with E-state index in [1.165, 1.54) is 6.92 Å². The number of nitrogens with zero attached hydrogens (tertiary/aromatic N) is 1. The Morgan fingerprint density at radius 3 is 2.07 bits per heavy atom. The highest BCUT2D eigenvalue weighted by Gasteiger charge is 2.40. The summed E-state index contributed by atoms with van der Waals surface area (Å²) in [6, 6.07) is 2.94. The van der Waals surface area contributed by atoms with E-state index in [0.29, 0.717) is 0 Å². The highest BCUT2D eigenvalue weighted by atomic mass is 19.4. The number of halogens is 6. The number of carbonyl (C=O) groups excluding carboxylic acids is 1. The highest BCUT2D eigenvalue weighted by Crippen LogP contribution is 2.43. The number of nitro groups is 1. The monoisotopic (exact) mass is 392 g/mol. The minimum atomic E-state index is -5.28. The molecule has 0 spiro atoms. The van der Waals surface area contributed by atoms with Gasteiger partial charge in [0.1, 0.15) is 0 Å². The standard InChI is InChI=1S/C16H10F6N2O3/c1-7-2-3-8(4-12(7)24(26)27)13-10(14(23)25)5-9(15(17,18)19)6-11(13)16(20,21)22/h2-6H,1H3,(H2,23,25). The molecule has 0 heterocycles. The summed E-state index contributed by atoms with van der Waals surface area (Å²) in [7, 11) is 0. The van der Waals surface area contributed by atoms with Crippen molar-refractivity contribution in [3.05, 3.63) is 62.7 Å². The topological polar surface area (TPSA) is 86.2 Å². The van der Waals surface area contributed by atoms with Crippen LogP contribution in [0.3, 0.4) is 0 Å². The number of benzene rings is 2. The first-order valence-electron chi connectivity index (χ1n) is 7.11. The van der Waals surface area contributed by atoms with E-state index >= 15 is 0 Å². The van der Waals surface area contributed by atoms with E-state index in [-0.39, 0.29) is 17.7 Å². The van der Waals surface area contributed by atoms with Crippen LogP contribution in [0.4, 0.5) is 32.0 Å². The van der Waals surface area contributed by atoms with Gasteiger partial charge in [0.05, 0.1) is 16.1 Å². The van der Waals surface area contributed by atoms with Crippen LogP contribution in [0.25, 0.3) is 11.1 Å². The quantitative estimate of drug-likeness (QED) is 0.466. The van der Waals surface area contributed by atoms with Crippen LogP contribution >= 0.6 is 0 Å². The number of nitrogens with two attached hydrogens (primary N) is 1. The number of nitro benzene ring substituents is 1. The number of aryl methyl sites for hydroxylation is 1. The summed E-state index contributed by atoms with van der Waals surface area (Å²) in [6.07, 6.45) is -10.4. The van der Waals surface area contributed by atoms with Crippen molar-refractivity contribution in [2.24, 2.45) is 5.73 Å². The van der Waals surface area contributed by atoms with Crippen molar-refractivity contribution < 1.29 is 36.1 Å². The molecule has 0 saturated heterocycles. The second kappa shape index (κ2) is 6.56. The van der Waals surface area contributed by atoms with Crippen LogP contribution in [-0.2, 0) is 12.4 Å². The minimum Gasteiger partial charge on any atom is -0.366 e. The van der Waals surface area contributed by atoms with Crippen molar-refractivity contribution in [3.8, 4) is 11.1 Å². The molecule has 2 N–H and O–H groups in total. The summed E-state index contributed by atoms with van der Waals surface area (Å²) >= 11 is 0. The molecule has 1 amide bonds. The maximum Gasteiger partial charge on any atom is 0.417 e. The van der Waals surface area contributed by atoms with Crippen molar-refractivity contribution in [2.75, 3.05) is 0 Å². The summed E-state index contributed by atoms with van der Waals surface area (Å²) < 4.78 is 79.1. The Morgan fingerprint density at radius 1 is 1.04 bits per heavy atom. The molecule has 0 fully saturated rings. The normalized spacial score (nSPS) is 12.1. The van der Waals surface area contributed by atoms with Crippen LogP contribution in [-0.4, -0.2) is 10.8 Å². The molecule has 0 atom stereocenters. The molecule has 0 aliphatic rings. The third-order valence-corrected chi connectivity index (χ3v) is 3.73. The molecule has 0 bridgehead atoms. The molecule has 11 heteroatoms. The van der Waals surface area contributed by atoms with E-state index in [2.05, 4.69) is 0 Å². The number of carbonyl (C=O) groups is 1. The van der Waals surface area contributed by atoms with Gasteiger partial charge < -0.3 is 5.73 Å². The fourth-order valence-corrected chi connectivity index (χ4v) is 2.50. The van der Waals surface area contributed by atoms with Gasteiger partial charge in [0.15, 0.2) is 0 Å². The zero-order chi connectivity index (χ0) is 20.7. The molecule has 0 aromatic heterocycles. The lowest BCUT2D eigenvalue weighted by atomic mass is 9.90. The third-order valence-electron chi connectivity index (χ3n) is 3.73. The zero-order valence-corrected chi connectivity index (χ0v) is 13.4. The maximum atomic E-state index is 13.4. The van der Waals surface area contributed by atoms with Gasteiger partial charge in [-0.2, -0.15) is 26.3 Å². The maximum absolute atomic E-state index is 13.4. The second-order valence-corrected chi connectivity index (χ2v) is 5.56. The summed E-state index contributed by atoms with van der Waals surface area (Å²) in [4.78, 5) is 21.8. The Kier molecular flexibility index (Phi) is 4.91. The molecule has 144 valence electrons. The van der Waals surface area contributed by atoms with Gasteiger partial charge >= 0.3 is 12.4 Å². The van der Waals surface area contributed by atoms with Gasteiger partial charge in [0, 0.05) is 22.8 Å². The molecule has 27 heavy (non-hydrogen) atoms. The Hall–Kier alpha value is -3.11. The molecule has 5 nitrogen and oxygen atoms in total. The fourth-order valence-electron chi connectivity index (χ4n) is 2.50. The Bertz CT molecular complexity index is 935. The summed E-state index contributed by atoms with van der Waals surface area (Å²) in [5.74, 6) is -1.54.